The van der Waals surface area contributed by atoms with Crippen LogP contribution in [0, 0.1) is 0 Å². The van der Waals surface area contributed by atoms with Gasteiger partial charge in [0, 0.05) is 11.8 Å². The molecule has 0 spiro atoms. The van der Waals surface area contributed by atoms with Crippen LogP contribution in [0.1, 0.15) is 0 Å². The topological polar surface area (TPSA) is 64.5 Å². The summed E-state index contributed by atoms with van der Waals surface area (Å²) in [6, 6.07) is 6.94. The van der Waals surface area contributed by atoms with Crippen LogP contribution in [-0.2, 0) is 0 Å². The number of aromatic nitrogens is 5. The molecule has 0 amide bonds. The molecule has 0 saturated heterocycles. The van der Waals surface area contributed by atoms with Crippen molar-refractivity contribution in [3.63, 3.8) is 0 Å². The van der Waals surface area contributed by atoms with E-state index in [1.807, 2.05) is 6.07 Å². The molecule has 0 aliphatic rings. The third-order valence-electron chi connectivity index (χ3n) is 2.63. The minimum atomic E-state index is 0.458. The second-order valence-electron chi connectivity index (χ2n) is 3.86. The van der Waals surface area contributed by atoms with E-state index in [0.717, 1.165) is 0 Å². The Bertz CT molecular complexity index is 699. The summed E-state index contributed by atoms with van der Waals surface area (Å²) in [5, 5.41) is 16.7. The van der Waals surface area contributed by atoms with Gasteiger partial charge in [-0.05, 0) is 24.3 Å². The SMILES string of the molecule is Clc1ccnnc1-c1cccnc1-c1nnccc1Cl. The molecule has 0 unspecified atom stereocenters. The monoisotopic (exact) mass is 303 g/mol. The highest BCUT2D eigenvalue weighted by molar-refractivity contribution is 6.34. The molecule has 0 bridgehead atoms. The van der Waals surface area contributed by atoms with Crippen molar-refractivity contribution in [2.45, 2.75) is 0 Å². The number of hydrogen-bond donors (Lipinski definition) is 0. The first-order valence-electron chi connectivity index (χ1n) is 5.67. The van der Waals surface area contributed by atoms with E-state index < -0.39 is 0 Å². The zero-order chi connectivity index (χ0) is 13.9. The lowest BCUT2D eigenvalue weighted by atomic mass is 10.1. The van der Waals surface area contributed by atoms with Crippen molar-refractivity contribution >= 4 is 23.2 Å². The molecule has 0 aromatic carbocycles. The van der Waals surface area contributed by atoms with E-state index in [1.165, 1.54) is 12.4 Å². The van der Waals surface area contributed by atoms with Crippen LogP contribution in [0.2, 0.25) is 10.0 Å². The van der Waals surface area contributed by atoms with Crippen molar-refractivity contribution in [2.24, 2.45) is 0 Å². The van der Waals surface area contributed by atoms with Crippen molar-refractivity contribution in [1.29, 1.82) is 0 Å². The molecule has 0 aliphatic carbocycles. The van der Waals surface area contributed by atoms with Gasteiger partial charge in [-0.25, -0.2) is 0 Å². The Morgan fingerprint density at radius 2 is 1.35 bits per heavy atom. The number of nitrogens with zero attached hydrogens (tertiary/aromatic N) is 5. The molecule has 0 fully saturated rings. The maximum absolute atomic E-state index is 6.16. The van der Waals surface area contributed by atoms with Gasteiger partial charge < -0.3 is 0 Å². The summed E-state index contributed by atoms with van der Waals surface area (Å²) in [5.41, 5.74) is 2.27. The molecule has 3 rings (SSSR count). The molecule has 5 nitrogen and oxygen atoms in total. The zero-order valence-corrected chi connectivity index (χ0v) is 11.5. The molecule has 20 heavy (non-hydrogen) atoms. The molecule has 0 saturated carbocycles. The summed E-state index contributed by atoms with van der Waals surface area (Å²) < 4.78 is 0. The van der Waals surface area contributed by atoms with Gasteiger partial charge in [-0.2, -0.15) is 10.2 Å². The summed E-state index contributed by atoms with van der Waals surface area (Å²) in [4.78, 5) is 4.31. The predicted molar refractivity (Wildman–Crippen MR) is 76.3 cm³/mol. The van der Waals surface area contributed by atoms with Gasteiger partial charge in [0.2, 0.25) is 0 Å². The number of rotatable bonds is 2. The van der Waals surface area contributed by atoms with Crippen LogP contribution in [0.4, 0.5) is 0 Å². The molecule has 0 radical (unpaired) electrons. The highest BCUT2D eigenvalue weighted by Crippen LogP contribution is 2.33. The van der Waals surface area contributed by atoms with Gasteiger partial charge in [0.1, 0.15) is 17.1 Å². The Morgan fingerprint density at radius 3 is 2.00 bits per heavy atom. The average Bonchev–Trinajstić information content (AvgIpc) is 2.48. The number of hydrogen-bond acceptors (Lipinski definition) is 5. The van der Waals surface area contributed by atoms with Gasteiger partial charge in [-0.15, -0.1) is 10.2 Å². The smallest absolute Gasteiger partial charge is 0.131 e. The van der Waals surface area contributed by atoms with E-state index in [9.17, 15) is 0 Å². The van der Waals surface area contributed by atoms with E-state index in [4.69, 9.17) is 23.2 Å². The Balaban J connectivity index is 2.25. The summed E-state index contributed by atoms with van der Waals surface area (Å²) in [6.45, 7) is 0. The maximum atomic E-state index is 6.16. The fourth-order valence-electron chi connectivity index (χ4n) is 1.76. The van der Waals surface area contributed by atoms with E-state index in [2.05, 4.69) is 25.4 Å². The first-order valence-corrected chi connectivity index (χ1v) is 6.43. The summed E-state index contributed by atoms with van der Waals surface area (Å²) in [6.07, 6.45) is 4.69. The van der Waals surface area contributed by atoms with Crippen LogP contribution in [-0.4, -0.2) is 25.4 Å². The number of pyridine rings is 1. The predicted octanol–water partition coefficient (Wildman–Crippen LogP) is 3.30. The van der Waals surface area contributed by atoms with Crippen LogP contribution >= 0.6 is 23.2 Å². The fraction of sp³-hybridized carbons (Fsp3) is 0. The van der Waals surface area contributed by atoms with Crippen molar-refractivity contribution in [3.8, 4) is 22.6 Å². The molecular weight excluding hydrogens is 297 g/mol. The van der Waals surface area contributed by atoms with Crippen LogP contribution in [0.3, 0.4) is 0 Å². The lowest BCUT2D eigenvalue weighted by molar-refractivity contribution is 1.02. The second-order valence-corrected chi connectivity index (χ2v) is 4.67. The van der Waals surface area contributed by atoms with Crippen LogP contribution in [0.15, 0.2) is 42.9 Å². The molecule has 0 aliphatic heterocycles. The maximum Gasteiger partial charge on any atom is 0.131 e. The minimum absolute atomic E-state index is 0.458. The minimum Gasteiger partial charge on any atom is -0.254 e. The molecule has 98 valence electrons. The highest BCUT2D eigenvalue weighted by Gasteiger charge is 2.16. The molecular formula is C13H7Cl2N5. The van der Waals surface area contributed by atoms with E-state index in [-0.39, 0.29) is 0 Å². The van der Waals surface area contributed by atoms with Gasteiger partial charge in [-0.3, -0.25) is 4.98 Å². The van der Waals surface area contributed by atoms with Gasteiger partial charge in [0.05, 0.1) is 22.4 Å². The quantitative estimate of drug-likeness (QED) is 0.727. The largest absolute Gasteiger partial charge is 0.254 e. The first kappa shape index (κ1) is 12.9. The second kappa shape index (κ2) is 5.48. The first-order chi connectivity index (χ1) is 9.77. The molecule has 7 heteroatoms. The normalized spacial score (nSPS) is 10.5. The molecule has 0 atom stereocenters. The zero-order valence-electron chi connectivity index (χ0n) is 10.0. The summed E-state index contributed by atoms with van der Waals surface area (Å²) in [5.74, 6) is 0. The molecule has 3 aromatic rings. The summed E-state index contributed by atoms with van der Waals surface area (Å²) in [7, 11) is 0. The van der Waals surface area contributed by atoms with E-state index in [1.54, 1.807) is 24.4 Å². The third kappa shape index (κ3) is 2.33. The molecule has 3 heterocycles. The van der Waals surface area contributed by atoms with Gasteiger partial charge in [-0.1, -0.05) is 23.2 Å². The Labute approximate surface area is 124 Å². The van der Waals surface area contributed by atoms with Crippen molar-refractivity contribution < 1.29 is 0 Å². The molecule has 3 aromatic heterocycles. The Morgan fingerprint density at radius 1 is 0.700 bits per heavy atom. The standard InChI is InChI=1S/C13H7Cl2N5/c14-9-3-6-17-19-11(9)8-2-1-5-16-12(8)13-10(15)4-7-18-20-13/h1-7H. The lowest BCUT2D eigenvalue weighted by Gasteiger charge is -2.08. The van der Waals surface area contributed by atoms with Gasteiger partial charge >= 0.3 is 0 Å². The lowest BCUT2D eigenvalue weighted by Crippen LogP contribution is -1.96. The van der Waals surface area contributed by atoms with E-state index >= 15 is 0 Å². The third-order valence-corrected chi connectivity index (χ3v) is 3.24. The Hall–Kier alpha value is -2.11. The highest BCUT2D eigenvalue weighted by atomic mass is 35.5. The van der Waals surface area contributed by atoms with Gasteiger partial charge in [0.15, 0.2) is 0 Å². The fourth-order valence-corrected chi connectivity index (χ4v) is 2.14. The number of halogens is 2. The summed E-state index contributed by atoms with van der Waals surface area (Å²) >= 11 is 12.3. The van der Waals surface area contributed by atoms with Crippen molar-refractivity contribution in [2.75, 3.05) is 0 Å². The van der Waals surface area contributed by atoms with Crippen LogP contribution in [0.25, 0.3) is 22.6 Å². The van der Waals surface area contributed by atoms with Crippen LogP contribution in [0.5, 0.6) is 0 Å². The van der Waals surface area contributed by atoms with Crippen LogP contribution < -0.4 is 0 Å². The molecule has 0 N–H and O–H groups in total. The van der Waals surface area contributed by atoms with Gasteiger partial charge in [0.25, 0.3) is 0 Å². The Kier molecular flexibility index (Phi) is 3.54. The van der Waals surface area contributed by atoms with Crippen molar-refractivity contribution in [1.82, 2.24) is 25.4 Å². The van der Waals surface area contributed by atoms with E-state index in [0.29, 0.717) is 32.7 Å². The average molecular weight is 304 g/mol. The van der Waals surface area contributed by atoms with Crippen molar-refractivity contribution in [3.05, 3.63) is 52.9 Å².